The molecule has 0 rings (SSSR count). The Balaban J connectivity index is 4.73. The Morgan fingerprint density at radius 2 is 0.722 bits per heavy atom. The predicted octanol–water partition coefficient (Wildman–Crippen LogP) is 17.4. The van der Waals surface area contributed by atoms with Crippen LogP contribution in [0.15, 0.2) is 48.6 Å². The molecule has 0 aliphatic heterocycles. The summed E-state index contributed by atoms with van der Waals surface area (Å²) in [6, 6.07) is 0. The number of aliphatic hydroxyl groups excluding tert-OH is 1. The molecule has 0 heterocycles. The number of carbonyl (C=O) groups excluding carboxylic acids is 3. The average molecular weight is 1040 g/mol. The molecule has 12 heteroatoms. The molecule has 3 atom stereocenters. The minimum absolute atomic E-state index is 0.118. The van der Waals surface area contributed by atoms with Crippen LogP contribution in [0.1, 0.15) is 278 Å². The van der Waals surface area contributed by atoms with E-state index in [-0.39, 0.29) is 25.9 Å². The van der Waals surface area contributed by atoms with Crippen molar-refractivity contribution in [2.24, 2.45) is 0 Å². The smallest absolute Gasteiger partial charge is 0.462 e. The molecule has 0 aliphatic carbocycles. The Kier molecular flexibility index (Phi) is 52.7. The van der Waals surface area contributed by atoms with E-state index in [0.717, 1.165) is 77.0 Å². The Labute approximate surface area is 441 Å². The van der Waals surface area contributed by atoms with E-state index < -0.39 is 57.8 Å². The number of esters is 3. The van der Waals surface area contributed by atoms with Gasteiger partial charge in [0.15, 0.2) is 6.10 Å². The summed E-state index contributed by atoms with van der Waals surface area (Å²) in [5, 5.41) is 9.82. The van der Waals surface area contributed by atoms with Crippen molar-refractivity contribution < 1.29 is 52.2 Å². The van der Waals surface area contributed by atoms with Gasteiger partial charge in [-0.05, 0) is 57.8 Å². The van der Waals surface area contributed by atoms with Crippen molar-refractivity contribution in [3.05, 3.63) is 48.6 Å². The van der Waals surface area contributed by atoms with Gasteiger partial charge in [0.1, 0.15) is 12.7 Å². The predicted molar refractivity (Wildman–Crippen MR) is 298 cm³/mol. The number of phosphoric ester groups is 1. The molecule has 0 amide bonds. The first-order chi connectivity index (χ1) is 35.2. The molecule has 0 saturated carbocycles. The second kappa shape index (κ2) is 54.7. The first kappa shape index (κ1) is 69.4. The van der Waals surface area contributed by atoms with Gasteiger partial charge in [0.25, 0.3) is 0 Å². The van der Waals surface area contributed by atoms with Crippen LogP contribution in [0.4, 0.5) is 0 Å². The lowest BCUT2D eigenvalue weighted by atomic mass is 10.0. The van der Waals surface area contributed by atoms with Crippen molar-refractivity contribution in [2.75, 3.05) is 26.4 Å². The normalized spacial score (nSPS) is 13.7. The standard InChI is InChI=1S/C60H109O11P/c1-4-7-10-13-16-19-22-25-28-31-34-37-40-43-46-49-58(62)67-53-57(71-60(64)51-48-45-42-39-36-33-30-27-24-21-18-15-12-9-6-3)55-69-72(65,66)68-54-56(52-61)70-59(63)50-47-44-41-38-35-32-29-26-23-20-17-14-11-8-5-2/h9,12,18,21,27,30,36,39,56-57,61H,4-8,10-11,13-17,19-20,22-26,28-29,31-35,37-38,40-55H2,1-3H3,(H,65,66)/b12-9-,21-18-,30-27-,39-36-. The van der Waals surface area contributed by atoms with Crippen LogP contribution in [-0.4, -0.2) is 66.5 Å². The largest absolute Gasteiger partial charge is 0.472 e. The fraction of sp³-hybridized carbons (Fsp3) is 0.817. The quantitative estimate of drug-likeness (QED) is 0.0197. The monoisotopic (exact) mass is 1040 g/mol. The first-order valence-corrected chi connectivity index (χ1v) is 31.0. The molecule has 3 unspecified atom stereocenters. The van der Waals surface area contributed by atoms with Crippen molar-refractivity contribution >= 4 is 25.7 Å². The van der Waals surface area contributed by atoms with Crippen LogP contribution in [-0.2, 0) is 42.2 Å². The number of phosphoric acid groups is 1. The Bertz CT molecular complexity index is 1400. The number of rotatable bonds is 55. The maximum absolute atomic E-state index is 12.9. The van der Waals surface area contributed by atoms with Crippen LogP contribution in [0.25, 0.3) is 0 Å². The van der Waals surface area contributed by atoms with Crippen LogP contribution >= 0.6 is 7.82 Å². The van der Waals surface area contributed by atoms with E-state index in [1.165, 1.54) is 141 Å². The van der Waals surface area contributed by atoms with E-state index in [2.05, 4.69) is 69.4 Å². The van der Waals surface area contributed by atoms with Crippen molar-refractivity contribution in [1.82, 2.24) is 0 Å². The number of ether oxygens (including phenoxy) is 3. The highest BCUT2D eigenvalue weighted by Gasteiger charge is 2.28. The number of aliphatic hydroxyl groups is 1. The van der Waals surface area contributed by atoms with Gasteiger partial charge in [-0.25, -0.2) is 4.57 Å². The summed E-state index contributed by atoms with van der Waals surface area (Å²) in [7, 11) is -4.75. The fourth-order valence-corrected chi connectivity index (χ4v) is 9.07. The molecule has 11 nitrogen and oxygen atoms in total. The third-order valence-electron chi connectivity index (χ3n) is 12.8. The van der Waals surface area contributed by atoms with E-state index in [1.54, 1.807) is 0 Å². The molecule has 0 saturated heterocycles. The minimum Gasteiger partial charge on any atom is -0.462 e. The van der Waals surface area contributed by atoms with Crippen molar-refractivity contribution in [2.45, 2.75) is 290 Å². The molecule has 0 radical (unpaired) electrons. The van der Waals surface area contributed by atoms with Crippen LogP contribution < -0.4 is 0 Å². The van der Waals surface area contributed by atoms with Crippen molar-refractivity contribution in [1.29, 1.82) is 0 Å². The second-order valence-electron chi connectivity index (χ2n) is 19.8. The topological polar surface area (TPSA) is 155 Å². The summed E-state index contributed by atoms with van der Waals surface area (Å²) in [4.78, 5) is 48.5. The van der Waals surface area contributed by atoms with Crippen molar-refractivity contribution in [3.63, 3.8) is 0 Å². The van der Waals surface area contributed by atoms with Gasteiger partial charge in [0.05, 0.1) is 19.8 Å². The zero-order valence-electron chi connectivity index (χ0n) is 46.4. The maximum Gasteiger partial charge on any atom is 0.472 e. The van der Waals surface area contributed by atoms with Gasteiger partial charge < -0.3 is 24.2 Å². The van der Waals surface area contributed by atoms with Gasteiger partial charge in [-0.2, -0.15) is 0 Å². The third-order valence-corrected chi connectivity index (χ3v) is 13.7. The molecular formula is C60H109O11P. The highest BCUT2D eigenvalue weighted by Crippen LogP contribution is 2.43. The molecule has 2 N–H and O–H groups in total. The van der Waals surface area contributed by atoms with Gasteiger partial charge >= 0.3 is 25.7 Å². The van der Waals surface area contributed by atoms with Crippen LogP contribution in [0.3, 0.4) is 0 Å². The summed E-state index contributed by atoms with van der Waals surface area (Å²) in [6.45, 7) is 4.53. The fourth-order valence-electron chi connectivity index (χ4n) is 8.29. The molecule has 0 aromatic carbocycles. The number of unbranched alkanes of at least 4 members (excludes halogenated alkanes) is 30. The van der Waals surface area contributed by atoms with Crippen LogP contribution in [0.2, 0.25) is 0 Å². The lowest BCUT2D eigenvalue weighted by Crippen LogP contribution is -2.30. The Hall–Kier alpha value is -2.56. The lowest BCUT2D eigenvalue weighted by molar-refractivity contribution is -0.161. The summed E-state index contributed by atoms with van der Waals surface area (Å²) in [5.74, 6) is -1.50. The van der Waals surface area contributed by atoms with Crippen LogP contribution in [0.5, 0.6) is 0 Å². The molecule has 72 heavy (non-hydrogen) atoms. The van der Waals surface area contributed by atoms with E-state index in [9.17, 15) is 28.9 Å². The molecule has 0 fully saturated rings. The number of allylic oxidation sites excluding steroid dienone is 8. The van der Waals surface area contributed by atoms with Gasteiger partial charge in [-0.3, -0.25) is 23.4 Å². The molecule has 420 valence electrons. The van der Waals surface area contributed by atoms with Crippen molar-refractivity contribution in [3.8, 4) is 0 Å². The van der Waals surface area contributed by atoms with E-state index >= 15 is 0 Å². The summed E-state index contributed by atoms with van der Waals surface area (Å²) in [5.41, 5.74) is 0. The molecule has 0 aromatic rings. The minimum atomic E-state index is -4.75. The number of carbonyl (C=O) groups is 3. The van der Waals surface area contributed by atoms with E-state index in [1.807, 2.05) is 0 Å². The maximum atomic E-state index is 12.9. The Morgan fingerprint density at radius 3 is 1.11 bits per heavy atom. The molecular weight excluding hydrogens is 928 g/mol. The molecule has 0 aliphatic rings. The lowest BCUT2D eigenvalue weighted by Gasteiger charge is -2.21. The summed E-state index contributed by atoms with van der Waals surface area (Å²) >= 11 is 0. The number of hydrogen-bond donors (Lipinski definition) is 2. The van der Waals surface area contributed by atoms with Crippen LogP contribution in [0, 0.1) is 0 Å². The van der Waals surface area contributed by atoms with E-state index in [4.69, 9.17) is 23.3 Å². The van der Waals surface area contributed by atoms with E-state index in [0.29, 0.717) is 19.3 Å². The third kappa shape index (κ3) is 52.3. The zero-order chi connectivity index (χ0) is 52.7. The van der Waals surface area contributed by atoms with Gasteiger partial charge in [0.2, 0.25) is 0 Å². The SMILES string of the molecule is CC/C=C\C/C=C\C/C=C\C/C=C\CCCCC(=O)OC(COC(=O)CCCCCCCCCCCCCCCCC)COP(=O)(O)OCC(CO)OC(=O)CCCCCCCCCCCCCCCCC. The first-order valence-electron chi connectivity index (χ1n) is 29.5. The molecule has 0 spiro atoms. The zero-order valence-corrected chi connectivity index (χ0v) is 47.3. The second-order valence-corrected chi connectivity index (χ2v) is 21.2. The Morgan fingerprint density at radius 1 is 0.403 bits per heavy atom. The van der Waals surface area contributed by atoms with Gasteiger partial charge in [-0.1, -0.05) is 249 Å². The summed E-state index contributed by atoms with van der Waals surface area (Å²) < 4.78 is 39.5. The van der Waals surface area contributed by atoms with Gasteiger partial charge in [0, 0.05) is 19.3 Å². The highest BCUT2D eigenvalue weighted by atomic mass is 31.2. The van der Waals surface area contributed by atoms with Gasteiger partial charge in [-0.15, -0.1) is 0 Å². The molecule has 0 bridgehead atoms. The average Bonchev–Trinajstić information content (AvgIpc) is 3.37. The highest BCUT2D eigenvalue weighted by molar-refractivity contribution is 7.47. The number of hydrogen-bond acceptors (Lipinski definition) is 10. The molecule has 0 aromatic heterocycles. The summed E-state index contributed by atoms with van der Waals surface area (Å²) in [6.07, 6.45) is 57.8.